The molecule has 0 unspecified atom stereocenters. The Hall–Kier alpha value is -6.51. The number of hydrogen-bond donors (Lipinski definition) is 5. The number of ketones is 2. The van der Waals surface area contributed by atoms with Crippen LogP contribution in [0.25, 0.3) is 22.0 Å². The number of thiol groups is 1. The van der Waals surface area contributed by atoms with Crippen molar-refractivity contribution < 1.29 is 40.3 Å². The first kappa shape index (κ1) is 48.2. The molecule has 5 aromatic rings. The van der Waals surface area contributed by atoms with Crippen molar-refractivity contribution in [1.29, 1.82) is 0 Å². The maximum atomic E-state index is 14.5. The van der Waals surface area contributed by atoms with Crippen LogP contribution in [0.3, 0.4) is 0 Å². The number of benzene rings is 4. The molecular formula is C43H44N6O10S3. The van der Waals surface area contributed by atoms with Crippen molar-refractivity contribution >= 4 is 91.1 Å². The SMILES string of the molecule is C=N/C(=N\C(=NC)Nc1cc(Nc2ccc3c4c2C(=O)c2ccccc2-c4c(C(=O)c2cccc(S)c2)c(=O)n3C)c(S(=O)(=O)O)cc1S(=O)(=O)O)OC(=C)/C=C\C.CC.CC. The van der Waals surface area contributed by atoms with E-state index in [4.69, 9.17) is 4.74 Å². The predicted molar refractivity (Wildman–Crippen MR) is 246 cm³/mol. The van der Waals surface area contributed by atoms with Crippen molar-refractivity contribution in [1.82, 2.24) is 4.57 Å². The van der Waals surface area contributed by atoms with Crippen molar-refractivity contribution in [2.75, 3.05) is 17.7 Å². The minimum atomic E-state index is -5.28. The van der Waals surface area contributed by atoms with E-state index in [0.29, 0.717) is 16.5 Å². The number of nitrogens with zero attached hydrogens (tertiary/aromatic N) is 4. The lowest BCUT2D eigenvalue weighted by Gasteiger charge is -2.26. The lowest BCUT2D eigenvalue weighted by atomic mass is 9.80. The number of hydrogen-bond acceptors (Lipinski definition) is 11. The lowest BCUT2D eigenvalue weighted by molar-refractivity contribution is 0.102. The Morgan fingerprint density at radius 2 is 1.48 bits per heavy atom. The third-order valence-corrected chi connectivity index (χ3v) is 10.9. The van der Waals surface area contributed by atoms with Crippen molar-refractivity contribution in [3.05, 3.63) is 130 Å². The Morgan fingerprint density at radius 3 is 2.06 bits per heavy atom. The summed E-state index contributed by atoms with van der Waals surface area (Å²) in [5.74, 6) is -1.49. The standard InChI is InChI=1S/C39H32N6O10S3.2C2H6/c1-6-10-20(2)55-39(41-4)44-38(40-3)43-27-18-26(29(57(49,50)51)19-30(27)58(52,53)54)42-25-15-16-28-33-31(23-13-7-8-14-24(23)36(47)32(25)33)34(37(48)45(28)5)35(46)21-11-9-12-22(56)17-21;2*1-2/h6-19,42,56H,2,4H2,1,3,5H3,(H,40,43)(H,49,50,51)(H,52,53,54);2*1-2H3/b10-6-,44-39+;;. The van der Waals surface area contributed by atoms with Gasteiger partial charge < -0.3 is 19.9 Å². The van der Waals surface area contributed by atoms with Crippen LogP contribution in [0.1, 0.15) is 66.5 Å². The molecule has 4 N–H and O–H groups in total. The maximum absolute atomic E-state index is 14.5. The van der Waals surface area contributed by atoms with E-state index in [1.807, 2.05) is 27.7 Å². The summed E-state index contributed by atoms with van der Waals surface area (Å²) < 4.78 is 78.2. The number of anilines is 3. The summed E-state index contributed by atoms with van der Waals surface area (Å²) in [5.41, 5.74) is -1.10. The van der Waals surface area contributed by atoms with Crippen LogP contribution in [0.15, 0.2) is 132 Å². The first-order valence-electron chi connectivity index (χ1n) is 18.8. The number of aryl methyl sites for hydroxylation is 1. The molecule has 0 atom stereocenters. The summed E-state index contributed by atoms with van der Waals surface area (Å²) in [6.45, 7) is 16.8. The summed E-state index contributed by atoms with van der Waals surface area (Å²) in [5, 5.41) is 5.57. The summed E-state index contributed by atoms with van der Waals surface area (Å²) in [6.07, 6.45) is 3.12. The molecule has 0 saturated carbocycles. The first-order valence-corrected chi connectivity index (χ1v) is 22.1. The molecule has 0 radical (unpaired) electrons. The van der Waals surface area contributed by atoms with E-state index in [9.17, 15) is 40.3 Å². The lowest BCUT2D eigenvalue weighted by Crippen LogP contribution is -2.29. The maximum Gasteiger partial charge on any atom is 0.324 e. The fraction of sp³-hybridized carbons (Fsp3) is 0.163. The van der Waals surface area contributed by atoms with Gasteiger partial charge in [0, 0.05) is 41.1 Å². The van der Waals surface area contributed by atoms with E-state index >= 15 is 0 Å². The second kappa shape index (κ2) is 19.9. The summed E-state index contributed by atoms with van der Waals surface area (Å²) in [6, 6.07) is 16.5. The van der Waals surface area contributed by atoms with Crippen LogP contribution in [0.5, 0.6) is 0 Å². The highest BCUT2D eigenvalue weighted by Crippen LogP contribution is 2.45. The molecule has 1 aliphatic rings. The van der Waals surface area contributed by atoms with Crippen LogP contribution in [0.4, 0.5) is 17.1 Å². The van der Waals surface area contributed by atoms with Gasteiger partial charge in [0.25, 0.3) is 25.8 Å². The fourth-order valence-electron chi connectivity index (χ4n) is 6.38. The van der Waals surface area contributed by atoms with Gasteiger partial charge in [-0.25, -0.2) is 4.99 Å². The molecule has 6 rings (SSSR count). The zero-order chi connectivity index (χ0) is 46.3. The van der Waals surface area contributed by atoms with E-state index in [-0.39, 0.29) is 62.1 Å². The van der Waals surface area contributed by atoms with Gasteiger partial charge in [0.05, 0.1) is 33.7 Å². The largest absolute Gasteiger partial charge is 0.425 e. The molecule has 0 fully saturated rings. The molecule has 4 aromatic carbocycles. The fourth-order valence-corrected chi connectivity index (χ4v) is 7.99. The van der Waals surface area contributed by atoms with Crippen molar-refractivity contribution in [3.8, 4) is 11.1 Å². The van der Waals surface area contributed by atoms with Crippen LogP contribution < -0.4 is 16.2 Å². The second-order valence-corrected chi connectivity index (χ2v) is 15.8. The molecule has 1 aliphatic carbocycles. The van der Waals surface area contributed by atoms with E-state index in [1.54, 1.807) is 43.3 Å². The van der Waals surface area contributed by atoms with Gasteiger partial charge in [0.2, 0.25) is 5.96 Å². The number of carbonyl (C=O) groups excluding carboxylic acids is 2. The Morgan fingerprint density at radius 1 is 0.855 bits per heavy atom. The molecule has 0 spiro atoms. The predicted octanol–water partition coefficient (Wildman–Crippen LogP) is 8.12. The number of aliphatic imine (C=N–C) groups is 3. The molecule has 324 valence electrons. The van der Waals surface area contributed by atoms with Crippen molar-refractivity contribution in [2.45, 2.75) is 49.3 Å². The highest BCUT2D eigenvalue weighted by molar-refractivity contribution is 7.86. The number of guanidine groups is 1. The normalized spacial score (nSPS) is 12.4. The molecule has 0 amide bonds. The Balaban J connectivity index is 0.00000205. The van der Waals surface area contributed by atoms with Gasteiger partial charge in [-0.3, -0.25) is 28.5 Å². The van der Waals surface area contributed by atoms with E-state index in [0.717, 1.165) is 6.07 Å². The summed E-state index contributed by atoms with van der Waals surface area (Å²) >= 11 is 4.35. The van der Waals surface area contributed by atoms with Gasteiger partial charge in [-0.15, -0.1) is 12.6 Å². The molecule has 0 saturated heterocycles. The van der Waals surface area contributed by atoms with Crippen LogP contribution in [-0.2, 0) is 32.0 Å². The van der Waals surface area contributed by atoms with Crippen LogP contribution >= 0.6 is 12.6 Å². The minimum absolute atomic E-state index is 0.0745. The number of aromatic nitrogens is 1. The van der Waals surface area contributed by atoms with Gasteiger partial charge >= 0.3 is 6.02 Å². The number of allylic oxidation sites excluding steroid dienone is 2. The highest BCUT2D eigenvalue weighted by atomic mass is 32.2. The van der Waals surface area contributed by atoms with Crippen LogP contribution in [0.2, 0.25) is 0 Å². The molecule has 62 heavy (non-hydrogen) atoms. The van der Waals surface area contributed by atoms with Crippen molar-refractivity contribution in [3.63, 3.8) is 0 Å². The van der Waals surface area contributed by atoms with Gasteiger partial charge in [0.1, 0.15) is 15.6 Å². The number of nitrogens with one attached hydrogen (secondary N) is 2. The molecule has 16 nitrogen and oxygen atoms in total. The quantitative estimate of drug-likeness (QED) is 0.0176. The Kier molecular flexibility index (Phi) is 15.5. The van der Waals surface area contributed by atoms with E-state index in [1.165, 1.54) is 55.1 Å². The monoisotopic (exact) mass is 900 g/mol. The van der Waals surface area contributed by atoms with Gasteiger partial charge in [-0.2, -0.15) is 21.8 Å². The minimum Gasteiger partial charge on any atom is -0.425 e. The van der Waals surface area contributed by atoms with E-state index < -0.39 is 58.5 Å². The molecule has 0 aliphatic heterocycles. The smallest absolute Gasteiger partial charge is 0.324 e. The highest BCUT2D eigenvalue weighted by Gasteiger charge is 2.35. The number of ether oxygens (including phenoxy) is 1. The van der Waals surface area contributed by atoms with Gasteiger partial charge in [0.15, 0.2) is 11.6 Å². The van der Waals surface area contributed by atoms with Crippen molar-refractivity contribution in [2.24, 2.45) is 22.0 Å². The summed E-state index contributed by atoms with van der Waals surface area (Å²) in [7, 11) is -7.82. The zero-order valence-electron chi connectivity index (χ0n) is 34.7. The second-order valence-electron chi connectivity index (χ2n) is 12.5. The van der Waals surface area contributed by atoms with Gasteiger partial charge in [-0.1, -0.05) is 76.7 Å². The molecule has 1 heterocycles. The third-order valence-electron chi connectivity index (χ3n) is 8.84. The number of pyridine rings is 1. The van der Waals surface area contributed by atoms with Gasteiger partial charge in [-0.05, 0) is 61.7 Å². The molecule has 0 bridgehead atoms. The number of carbonyl (C=O) groups is 2. The average molecular weight is 901 g/mol. The molecular weight excluding hydrogens is 857 g/mol. The number of amidine groups is 1. The van der Waals surface area contributed by atoms with Crippen LogP contribution in [-0.4, -0.2) is 67.8 Å². The topological polar surface area (TPSA) is 235 Å². The Labute approximate surface area is 364 Å². The average Bonchev–Trinajstić information content (AvgIpc) is 3.24. The molecule has 1 aromatic heterocycles. The number of fused-ring (bicyclic) bond motifs is 2. The molecule has 19 heteroatoms. The third kappa shape index (κ3) is 9.82. The Bertz CT molecular complexity index is 3030. The van der Waals surface area contributed by atoms with E-state index in [2.05, 4.69) is 51.5 Å². The van der Waals surface area contributed by atoms with Crippen LogP contribution in [0, 0.1) is 0 Å². The summed E-state index contributed by atoms with van der Waals surface area (Å²) in [4.78, 5) is 52.8. The zero-order valence-corrected chi connectivity index (χ0v) is 37.2. The number of rotatable bonds is 9. The first-order chi connectivity index (χ1) is 29.4.